The van der Waals surface area contributed by atoms with Gasteiger partial charge in [-0.1, -0.05) is 54.6 Å². The van der Waals surface area contributed by atoms with Gasteiger partial charge in [0.15, 0.2) is 5.11 Å². The second-order valence-electron chi connectivity index (χ2n) is 7.84. The highest BCUT2D eigenvalue weighted by atomic mass is 32.2. The lowest BCUT2D eigenvalue weighted by atomic mass is 10.1. The third kappa shape index (κ3) is 6.58. The van der Waals surface area contributed by atoms with Gasteiger partial charge in [-0.15, -0.1) is 11.8 Å². The molecule has 0 atom stereocenters. The number of thioether (sulfide) groups is 1. The molecular weight excluding hydrogens is 434 g/mol. The Balaban J connectivity index is 1.20. The topological polar surface area (TPSA) is 44.4 Å². The van der Waals surface area contributed by atoms with E-state index in [0.717, 1.165) is 35.5 Å². The zero-order valence-corrected chi connectivity index (χ0v) is 19.6. The number of hydrogen-bond acceptors (Lipinski definition) is 3. The monoisotopic (exact) mass is 461 g/mol. The van der Waals surface area contributed by atoms with Gasteiger partial charge in [0.25, 0.3) is 0 Å². The van der Waals surface area contributed by atoms with Gasteiger partial charge in [0.2, 0.25) is 5.91 Å². The second-order valence-corrected chi connectivity index (χ2v) is 9.30. The summed E-state index contributed by atoms with van der Waals surface area (Å²) >= 11 is 7.28. The van der Waals surface area contributed by atoms with Crippen LogP contribution >= 0.6 is 24.0 Å². The first-order valence-corrected chi connectivity index (χ1v) is 12.2. The number of carbonyl (C=O) groups is 1. The summed E-state index contributed by atoms with van der Waals surface area (Å²) in [5.41, 5.74) is 4.56. The van der Waals surface area contributed by atoms with Crippen molar-refractivity contribution < 1.29 is 4.79 Å². The number of nitrogens with one attached hydrogen (secondary N) is 2. The molecule has 4 nitrogen and oxygen atoms in total. The van der Waals surface area contributed by atoms with Crippen LogP contribution in [0.25, 0.3) is 0 Å². The Morgan fingerprint density at radius 2 is 1.59 bits per heavy atom. The predicted molar refractivity (Wildman–Crippen MR) is 137 cm³/mol. The van der Waals surface area contributed by atoms with Crippen molar-refractivity contribution in [2.24, 2.45) is 0 Å². The number of rotatable bonds is 8. The first-order chi connectivity index (χ1) is 15.7. The molecule has 4 rings (SSSR count). The van der Waals surface area contributed by atoms with E-state index in [1.54, 1.807) is 0 Å². The maximum atomic E-state index is 11.8. The van der Waals surface area contributed by atoms with Crippen molar-refractivity contribution in [1.82, 2.24) is 10.2 Å². The van der Waals surface area contributed by atoms with Crippen molar-refractivity contribution in [3.05, 3.63) is 95.6 Å². The van der Waals surface area contributed by atoms with Crippen LogP contribution in [0.4, 0.5) is 5.69 Å². The van der Waals surface area contributed by atoms with E-state index in [-0.39, 0.29) is 5.91 Å². The Morgan fingerprint density at radius 3 is 2.28 bits per heavy atom. The number of amides is 1. The number of thiocarbonyl (C=S) groups is 1. The van der Waals surface area contributed by atoms with E-state index < -0.39 is 0 Å². The first-order valence-electron chi connectivity index (χ1n) is 10.8. The molecule has 6 heteroatoms. The fraction of sp³-hybridized carbons (Fsp3) is 0.231. The molecule has 164 valence electrons. The lowest BCUT2D eigenvalue weighted by Gasteiger charge is -2.16. The smallest absolute Gasteiger partial charge is 0.222 e. The molecule has 1 saturated heterocycles. The minimum Gasteiger partial charge on any atom is -0.358 e. The van der Waals surface area contributed by atoms with E-state index in [4.69, 9.17) is 12.2 Å². The fourth-order valence-electron chi connectivity index (χ4n) is 3.58. The number of hydrogen-bond donors (Lipinski definition) is 2. The third-order valence-corrected chi connectivity index (χ3v) is 6.71. The van der Waals surface area contributed by atoms with Gasteiger partial charge in [-0.25, -0.2) is 0 Å². The number of likely N-dealkylation sites (tertiary alicyclic amines) is 1. The average molecular weight is 462 g/mol. The van der Waals surface area contributed by atoms with Crippen LogP contribution in [0.3, 0.4) is 0 Å². The summed E-state index contributed by atoms with van der Waals surface area (Å²) in [5, 5.41) is 7.11. The van der Waals surface area contributed by atoms with E-state index >= 15 is 0 Å². The summed E-state index contributed by atoms with van der Waals surface area (Å²) in [5.74, 6) is 1.20. The molecule has 1 amide bonds. The SMILES string of the molecule is O=C1CCCN1Cc1ccc(CNC(=S)Nc2ccc(CSc3ccccc3)cc2)cc1. The first kappa shape index (κ1) is 22.4. The normalized spacial score (nSPS) is 13.2. The average Bonchev–Trinajstić information content (AvgIpc) is 3.23. The third-order valence-electron chi connectivity index (χ3n) is 5.38. The van der Waals surface area contributed by atoms with Crippen LogP contribution in [0.1, 0.15) is 29.5 Å². The van der Waals surface area contributed by atoms with Gasteiger partial charge in [0.05, 0.1) is 0 Å². The zero-order valence-electron chi connectivity index (χ0n) is 17.9. The van der Waals surface area contributed by atoms with Crippen LogP contribution in [-0.4, -0.2) is 22.5 Å². The summed E-state index contributed by atoms with van der Waals surface area (Å²) in [6.45, 7) is 2.22. The van der Waals surface area contributed by atoms with Crippen molar-refractivity contribution in [3.63, 3.8) is 0 Å². The number of nitrogens with zero attached hydrogens (tertiary/aromatic N) is 1. The lowest BCUT2D eigenvalue weighted by Crippen LogP contribution is -2.27. The Bertz CT molecular complexity index is 1040. The van der Waals surface area contributed by atoms with Gasteiger partial charge in [0, 0.05) is 42.4 Å². The van der Waals surface area contributed by atoms with Gasteiger partial charge in [0.1, 0.15) is 0 Å². The molecule has 1 aliphatic heterocycles. The highest BCUT2D eigenvalue weighted by Gasteiger charge is 2.19. The van der Waals surface area contributed by atoms with Crippen LogP contribution in [0.2, 0.25) is 0 Å². The molecule has 0 saturated carbocycles. The molecule has 3 aromatic rings. The molecule has 0 bridgehead atoms. The van der Waals surface area contributed by atoms with Gasteiger partial charge in [-0.3, -0.25) is 4.79 Å². The molecular formula is C26H27N3OS2. The largest absolute Gasteiger partial charge is 0.358 e. The molecule has 0 aromatic heterocycles. The van der Waals surface area contributed by atoms with Crippen LogP contribution in [0.5, 0.6) is 0 Å². The molecule has 1 aliphatic rings. The van der Waals surface area contributed by atoms with E-state index in [2.05, 4.69) is 83.4 Å². The van der Waals surface area contributed by atoms with Gasteiger partial charge in [-0.2, -0.15) is 0 Å². The molecule has 0 radical (unpaired) electrons. The van der Waals surface area contributed by atoms with Crippen LogP contribution in [0.15, 0.2) is 83.8 Å². The van der Waals surface area contributed by atoms with Crippen molar-refractivity contribution in [2.45, 2.75) is 36.6 Å². The lowest BCUT2D eigenvalue weighted by molar-refractivity contribution is -0.128. The molecule has 1 fully saturated rings. The van der Waals surface area contributed by atoms with Crippen molar-refractivity contribution in [3.8, 4) is 0 Å². The molecule has 3 aromatic carbocycles. The molecule has 0 spiro atoms. The van der Waals surface area contributed by atoms with E-state index in [0.29, 0.717) is 24.6 Å². The number of anilines is 1. The Hall–Kier alpha value is -2.83. The van der Waals surface area contributed by atoms with Gasteiger partial charge in [-0.05, 0) is 59.6 Å². The molecule has 2 N–H and O–H groups in total. The van der Waals surface area contributed by atoms with Crippen LogP contribution < -0.4 is 10.6 Å². The Morgan fingerprint density at radius 1 is 0.906 bits per heavy atom. The van der Waals surface area contributed by atoms with E-state index in [9.17, 15) is 4.79 Å². The standard InChI is InChI=1S/C26H27N3OS2/c30-25-7-4-16-29(25)18-21-10-8-20(9-11-21)17-27-26(31)28-23-14-12-22(13-15-23)19-32-24-5-2-1-3-6-24/h1-3,5-6,8-15H,4,7,16-19H2,(H2,27,28,31). The summed E-state index contributed by atoms with van der Waals surface area (Å²) in [6.07, 6.45) is 1.66. The van der Waals surface area contributed by atoms with E-state index in [1.807, 2.05) is 22.7 Å². The van der Waals surface area contributed by atoms with Crippen molar-refractivity contribution in [2.75, 3.05) is 11.9 Å². The number of benzene rings is 3. The Kier molecular flexibility index (Phi) is 7.80. The van der Waals surface area contributed by atoms with Crippen LogP contribution in [-0.2, 0) is 23.6 Å². The molecule has 0 aliphatic carbocycles. The van der Waals surface area contributed by atoms with Crippen LogP contribution in [0, 0.1) is 0 Å². The molecule has 0 unspecified atom stereocenters. The zero-order chi connectivity index (χ0) is 22.2. The summed E-state index contributed by atoms with van der Waals surface area (Å²) < 4.78 is 0. The minimum atomic E-state index is 0.259. The summed E-state index contributed by atoms with van der Waals surface area (Å²) in [6, 6.07) is 27.2. The maximum absolute atomic E-state index is 11.8. The predicted octanol–water partition coefficient (Wildman–Crippen LogP) is 5.59. The highest BCUT2D eigenvalue weighted by molar-refractivity contribution is 7.98. The van der Waals surface area contributed by atoms with Crippen molar-refractivity contribution in [1.29, 1.82) is 0 Å². The summed E-state index contributed by atoms with van der Waals surface area (Å²) in [7, 11) is 0. The number of carbonyl (C=O) groups excluding carboxylic acids is 1. The quantitative estimate of drug-likeness (QED) is 0.338. The molecule has 32 heavy (non-hydrogen) atoms. The second kappa shape index (κ2) is 11.2. The van der Waals surface area contributed by atoms with Gasteiger partial charge < -0.3 is 15.5 Å². The van der Waals surface area contributed by atoms with E-state index in [1.165, 1.54) is 10.5 Å². The molecule has 1 heterocycles. The maximum Gasteiger partial charge on any atom is 0.222 e. The minimum absolute atomic E-state index is 0.259. The summed E-state index contributed by atoms with van der Waals surface area (Å²) in [4.78, 5) is 15.0. The Labute approximate surface area is 199 Å². The fourth-order valence-corrected chi connectivity index (χ4v) is 4.64. The highest BCUT2D eigenvalue weighted by Crippen LogP contribution is 2.23. The van der Waals surface area contributed by atoms with Gasteiger partial charge >= 0.3 is 0 Å². The van der Waals surface area contributed by atoms with Crippen molar-refractivity contribution >= 4 is 40.7 Å².